The van der Waals surface area contributed by atoms with E-state index >= 15 is 0 Å². The summed E-state index contributed by atoms with van der Waals surface area (Å²) < 4.78 is 14.6. The molecular weight excluding hydrogens is 409 g/mol. The first-order valence-corrected chi connectivity index (χ1v) is 10.3. The third-order valence-electron chi connectivity index (χ3n) is 5.35. The van der Waals surface area contributed by atoms with Crippen molar-refractivity contribution in [1.29, 1.82) is 0 Å². The van der Waals surface area contributed by atoms with E-state index in [2.05, 4.69) is 10.6 Å². The number of hydrogen-bond donors (Lipinski definition) is 2. The van der Waals surface area contributed by atoms with Crippen LogP contribution in [0.3, 0.4) is 0 Å². The highest BCUT2D eigenvalue weighted by molar-refractivity contribution is 6.08. The van der Waals surface area contributed by atoms with Gasteiger partial charge in [-0.05, 0) is 61.4 Å². The van der Waals surface area contributed by atoms with Crippen LogP contribution in [0.4, 0.5) is 21.5 Å². The number of aryl methyl sites for hydroxylation is 1. The molecule has 2 N–H and O–H groups in total. The largest absolute Gasteiger partial charge is 0.322 e. The average molecular weight is 431 g/mol. The molecule has 32 heavy (non-hydrogen) atoms. The molecule has 0 aromatic heterocycles. The zero-order valence-corrected chi connectivity index (χ0v) is 17.5. The van der Waals surface area contributed by atoms with Crippen molar-refractivity contribution in [2.24, 2.45) is 0 Å². The molecule has 162 valence electrons. The second-order valence-electron chi connectivity index (χ2n) is 7.62. The molecule has 0 bridgehead atoms. The number of halogens is 1. The molecule has 3 aromatic rings. The number of amides is 3. The van der Waals surface area contributed by atoms with Crippen molar-refractivity contribution in [3.8, 4) is 0 Å². The van der Waals surface area contributed by atoms with Crippen LogP contribution in [0, 0.1) is 12.7 Å². The predicted octanol–water partition coefficient (Wildman–Crippen LogP) is 4.77. The lowest BCUT2D eigenvalue weighted by Crippen LogP contribution is -2.24. The Labute approximate surface area is 185 Å². The highest BCUT2D eigenvalue weighted by Crippen LogP contribution is 2.27. The van der Waals surface area contributed by atoms with Gasteiger partial charge in [-0.25, -0.2) is 4.39 Å². The highest BCUT2D eigenvalue weighted by Gasteiger charge is 2.24. The minimum absolute atomic E-state index is 0.106. The summed E-state index contributed by atoms with van der Waals surface area (Å²) in [5, 5.41) is 5.49. The van der Waals surface area contributed by atoms with Gasteiger partial charge in [-0.2, -0.15) is 0 Å². The molecule has 3 amide bonds. The normalized spacial score (nSPS) is 13.2. The van der Waals surface area contributed by atoms with Crippen LogP contribution in [-0.2, 0) is 4.79 Å². The molecule has 1 saturated heterocycles. The lowest BCUT2D eigenvalue weighted by molar-refractivity contribution is -0.117. The van der Waals surface area contributed by atoms with Crippen LogP contribution in [0.15, 0.2) is 66.7 Å². The van der Waals surface area contributed by atoms with Gasteiger partial charge in [0, 0.05) is 35.5 Å². The molecule has 1 aliphatic rings. The summed E-state index contributed by atoms with van der Waals surface area (Å²) in [6, 6.07) is 18.0. The first-order chi connectivity index (χ1) is 15.4. The third-order valence-corrected chi connectivity index (χ3v) is 5.35. The Balaban J connectivity index is 1.49. The van der Waals surface area contributed by atoms with Crippen molar-refractivity contribution in [1.82, 2.24) is 0 Å². The Morgan fingerprint density at radius 3 is 2.34 bits per heavy atom. The van der Waals surface area contributed by atoms with E-state index in [1.165, 1.54) is 17.0 Å². The van der Waals surface area contributed by atoms with Gasteiger partial charge in [-0.15, -0.1) is 0 Å². The SMILES string of the molecule is Cc1ccc(C(=O)Nc2ccc(N3CCCC3=O)c(F)c2)cc1NC(=O)c1ccccc1. The molecule has 1 aliphatic heterocycles. The molecule has 1 heterocycles. The molecule has 6 nitrogen and oxygen atoms in total. The quantitative estimate of drug-likeness (QED) is 0.611. The first-order valence-electron chi connectivity index (χ1n) is 10.3. The van der Waals surface area contributed by atoms with Gasteiger partial charge in [0.1, 0.15) is 5.82 Å². The zero-order chi connectivity index (χ0) is 22.7. The minimum atomic E-state index is -0.572. The maximum absolute atomic E-state index is 14.6. The molecule has 7 heteroatoms. The number of carbonyl (C=O) groups excluding carboxylic acids is 3. The standard InChI is InChI=1S/C25H22FN3O3/c1-16-9-10-18(14-21(16)28-24(31)17-6-3-2-4-7-17)25(32)27-19-11-12-22(20(26)15-19)29-13-5-8-23(29)30/h2-4,6-7,9-12,14-15H,5,8,13H2,1H3,(H,27,32)(H,28,31). The van der Waals surface area contributed by atoms with E-state index in [0.717, 1.165) is 5.56 Å². The van der Waals surface area contributed by atoms with E-state index in [-0.39, 0.29) is 23.2 Å². The molecule has 0 spiro atoms. The summed E-state index contributed by atoms with van der Waals surface area (Å²) in [5.41, 5.74) is 2.63. The van der Waals surface area contributed by atoms with Crippen LogP contribution in [-0.4, -0.2) is 24.3 Å². The smallest absolute Gasteiger partial charge is 0.255 e. The van der Waals surface area contributed by atoms with Gasteiger partial charge in [-0.1, -0.05) is 24.3 Å². The van der Waals surface area contributed by atoms with Crippen molar-refractivity contribution in [3.63, 3.8) is 0 Å². The number of rotatable bonds is 5. The molecule has 0 saturated carbocycles. The fourth-order valence-corrected chi connectivity index (χ4v) is 3.59. The van der Waals surface area contributed by atoms with Crippen LogP contribution < -0.4 is 15.5 Å². The molecule has 1 fully saturated rings. The van der Waals surface area contributed by atoms with Crippen molar-refractivity contribution in [2.75, 3.05) is 22.1 Å². The zero-order valence-electron chi connectivity index (χ0n) is 17.5. The van der Waals surface area contributed by atoms with Crippen molar-refractivity contribution >= 4 is 34.8 Å². The van der Waals surface area contributed by atoms with E-state index in [9.17, 15) is 18.8 Å². The second kappa shape index (κ2) is 9.01. The number of benzene rings is 3. The van der Waals surface area contributed by atoms with Gasteiger partial charge in [0.25, 0.3) is 11.8 Å². The number of nitrogens with zero attached hydrogens (tertiary/aromatic N) is 1. The van der Waals surface area contributed by atoms with E-state index in [0.29, 0.717) is 36.2 Å². The van der Waals surface area contributed by atoms with Gasteiger partial charge in [0.15, 0.2) is 0 Å². The summed E-state index contributed by atoms with van der Waals surface area (Å²) in [6.07, 6.45) is 1.11. The lowest BCUT2D eigenvalue weighted by atomic mass is 10.1. The van der Waals surface area contributed by atoms with Crippen molar-refractivity contribution < 1.29 is 18.8 Å². The summed E-state index contributed by atoms with van der Waals surface area (Å²) >= 11 is 0. The summed E-state index contributed by atoms with van der Waals surface area (Å²) in [5.74, 6) is -1.40. The van der Waals surface area contributed by atoms with Gasteiger partial charge >= 0.3 is 0 Å². The predicted molar refractivity (Wildman–Crippen MR) is 122 cm³/mol. The fraction of sp³-hybridized carbons (Fsp3) is 0.160. The highest BCUT2D eigenvalue weighted by atomic mass is 19.1. The van der Waals surface area contributed by atoms with Crippen molar-refractivity contribution in [3.05, 3.63) is 89.2 Å². The van der Waals surface area contributed by atoms with Gasteiger partial charge in [0.2, 0.25) is 5.91 Å². The molecule has 3 aromatic carbocycles. The van der Waals surface area contributed by atoms with Crippen molar-refractivity contribution in [2.45, 2.75) is 19.8 Å². The van der Waals surface area contributed by atoms with Crippen LogP contribution in [0.1, 0.15) is 39.1 Å². The van der Waals surface area contributed by atoms with Gasteiger partial charge < -0.3 is 15.5 Å². The number of anilines is 3. The fourth-order valence-electron chi connectivity index (χ4n) is 3.59. The van der Waals surface area contributed by atoms with Crippen LogP contribution in [0.5, 0.6) is 0 Å². The summed E-state index contributed by atoms with van der Waals surface area (Å²) in [6.45, 7) is 2.32. The first kappa shape index (κ1) is 21.2. The summed E-state index contributed by atoms with van der Waals surface area (Å²) in [4.78, 5) is 38.5. The lowest BCUT2D eigenvalue weighted by Gasteiger charge is -2.17. The van der Waals surface area contributed by atoms with E-state index in [1.54, 1.807) is 48.5 Å². The number of nitrogens with one attached hydrogen (secondary N) is 2. The van der Waals surface area contributed by atoms with E-state index in [4.69, 9.17) is 0 Å². The Bertz CT molecular complexity index is 1190. The molecule has 0 radical (unpaired) electrons. The number of carbonyl (C=O) groups is 3. The topological polar surface area (TPSA) is 78.5 Å². The minimum Gasteiger partial charge on any atom is -0.322 e. The van der Waals surface area contributed by atoms with Crippen LogP contribution >= 0.6 is 0 Å². The summed E-state index contributed by atoms with van der Waals surface area (Å²) in [7, 11) is 0. The Morgan fingerprint density at radius 1 is 0.906 bits per heavy atom. The van der Waals surface area contributed by atoms with Crippen LogP contribution in [0.2, 0.25) is 0 Å². The average Bonchev–Trinajstić information content (AvgIpc) is 3.21. The van der Waals surface area contributed by atoms with E-state index in [1.807, 2.05) is 13.0 Å². The Morgan fingerprint density at radius 2 is 1.66 bits per heavy atom. The molecular formula is C25H22FN3O3. The van der Waals surface area contributed by atoms with E-state index < -0.39 is 11.7 Å². The maximum atomic E-state index is 14.6. The Hall–Kier alpha value is -4.00. The van der Waals surface area contributed by atoms with Gasteiger partial charge in [-0.3, -0.25) is 14.4 Å². The third kappa shape index (κ3) is 4.51. The number of hydrogen-bond acceptors (Lipinski definition) is 3. The molecule has 0 unspecified atom stereocenters. The second-order valence-corrected chi connectivity index (χ2v) is 7.62. The maximum Gasteiger partial charge on any atom is 0.255 e. The Kier molecular flexibility index (Phi) is 5.98. The molecule has 4 rings (SSSR count). The molecule has 0 atom stereocenters. The van der Waals surface area contributed by atoms with Crippen LogP contribution in [0.25, 0.3) is 0 Å². The monoisotopic (exact) mass is 431 g/mol. The molecule has 0 aliphatic carbocycles. The van der Waals surface area contributed by atoms with Gasteiger partial charge in [0.05, 0.1) is 5.69 Å².